The van der Waals surface area contributed by atoms with Gasteiger partial charge < -0.3 is 10.2 Å². The fraction of sp³-hybridized carbons (Fsp3) is 0.333. The average Bonchev–Trinajstić information content (AvgIpc) is 2.15. The SMILES string of the molecule is CC(O)CSc1ncccc1C(=O)O. The van der Waals surface area contributed by atoms with Crippen LogP contribution in [0.15, 0.2) is 23.4 Å². The fourth-order valence-corrected chi connectivity index (χ4v) is 1.71. The summed E-state index contributed by atoms with van der Waals surface area (Å²) in [5.41, 5.74) is 0.179. The number of rotatable bonds is 4. The average molecular weight is 213 g/mol. The molecule has 0 fully saturated rings. The van der Waals surface area contributed by atoms with Crippen LogP contribution in [0.1, 0.15) is 17.3 Å². The number of carbonyl (C=O) groups is 1. The second-order valence-corrected chi connectivity index (χ2v) is 3.83. The summed E-state index contributed by atoms with van der Waals surface area (Å²) >= 11 is 1.24. The maximum Gasteiger partial charge on any atom is 0.338 e. The van der Waals surface area contributed by atoms with E-state index >= 15 is 0 Å². The number of aliphatic hydroxyl groups excluding tert-OH is 1. The maximum absolute atomic E-state index is 10.8. The lowest BCUT2D eigenvalue weighted by Gasteiger charge is -2.05. The van der Waals surface area contributed by atoms with Crippen LogP contribution in [0.2, 0.25) is 0 Å². The van der Waals surface area contributed by atoms with Gasteiger partial charge in [0, 0.05) is 11.9 Å². The number of carboxylic acid groups (broad SMARTS) is 1. The summed E-state index contributed by atoms with van der Waals surface area (Å²) in [5, 5.41) is 18.3. The Morgan fingerprint density at radius 1 is 1.71 bits per heavy atom. The highest BCUT2D eigenvalue weighted by Gasteiger charge is 2.11. The molecule has 2 N–H and O–H groups in total. The van der Waals surface area contributed by atoms with Crippen LogP contribution in [-0.4, -0.2) is 33.0 Å². The van der Waals surface area contributed by atoms with E-state index in [0.717, 1.165) is 0 Å². The Labute approximate surface area is 86.0 Å². The van der Waals surface area contributed by atoms with Crippen LogP contribution in [0, 0.1) is 0 Å². The highest BCUT2D eigenvalue weighted by molar-refractivity contribution is 7.99. The van der Waals surface area contributed by atoms with Gasteiger partial charge in [0.1, 0.15) is 5.03 Å². The lowest BCUT2D eigenvalue weighted by molar-refractivity contribution is 0.0692. The van der Waals surface area contributed by atoms with E-state index in [1.807, 2.05) is 0 Å². The Morgan fingerprint density at radius 3 is 3.00 bits per heavy atom. The van der Waals surface area contributed by atoms with Crippen LogP contribution in [0.4, 0.5) is 0 Å². The van der Waals surface area contributed by atoms with Crippen LogP contribution >= 0.6 is 11.8 Å². The number of carboxylic acids is 1. The molecule has 0 amide bonds. The molecule has 1 unspecified atom stereocenters. The molecular formula is C9H11NO3S. The van der Waals surface area contributed by atoms with Crippen LogP contribution < -0.4 is 0 Å². The molecule has 0 radical (unpaired) electrons. The molecular weight excluding hydrogens is 202 g/mol. The van der Waals surface area contributed by atoms with Gasteiger partial charge in [0.2, 0.25) is 0 Å². The number of thioether (sulfide) groups is 1. The number of nitrogens with zero attached hydrogens (tertiary/aromatic N) is 1. The molecule has 0 bridgehead atoms. The number of pyridine rings is 1. The van der Waals surface area contributed by atoms with Crippen molar-refractivity contribution < 1.29 is 15.0 Å². The standard InChI is InChI=1S/C9H11NO3S/c1-6(11)5-14-8-7(9(12)13)3-2-4-10-8/h2-4,6,11H,5H2,1H3,(H,12,13). The van der Waals surface area contributed by atoms with Crippen molar-refractivity contribution in [1.82, 2.24) is 4.98 Å². The summed E-state index contributed by atoms with van der Waals surface area (Å²) in [6, 6.07) is 3.08. The van der Waals surface area contributed by atoms with E-state index in [0.29, 0.717) is 10.8 Å². The van der Waals surface area contributed by atoms with E-state index in [1.165, 1.54) is 24.0 Å². The Hall–Kier alpha value is -1.07. The highest BCUT2D eigenvalue weighted by atomic mass is 32.2. The zero-order chi connectivity index (χ0) is 10.6. The van der Waals surface area contributed by atoms with Crippen LogP contribution in [0.5, 0.6) is 0 Å². The molecule has 76 valence electrons. The molecule has 0 aliphatic rings. The quantitative estimate of drug-likeness (QED) is 0.737. The van der Waals surface area contributed by atoms with E-state index in [4.69, 9.17) is 10.2 Å². The van der Waals surface area contributed by atoms with E-state index in [9.17, 15) is 4.79 Å². The van der Waals surface area contributed by atoms with Gasteiger partial charge in [0.05, 0.1) is 11.7 Å². The minimum atomic E-state index is -0.994. The minimum Gasteiger partial charge on any atom is -0.478 e. The molecule has 4 nitrogen and oxygen atoms in total. The van der Waals surface area contributed by atoms with Crippen molar-refractivity contribution in [3.05, 3.63) is 23.9 Å². The molecule has 0 aliphatic heterocycles. The first kappa shape index (κ1) is 11.0. The summed E-state index contributed by atoms with van der Waals surface area (Å²) < 4.78 is 0. The largest absolute Gasteiger partial charge is 0.478 e. The lowest BCUT2D eigenvalue weighted by atomic mass is 10.3. The molecule has 1 aromatic heterocycles. The van der Waals surface area contributed by atoms with Crippen molar-refractivity contribution in [2.24, 2.45) is 0 Å². The van der Waals surface area contributed by atoms with E-state index in [2.05, 4.69) is 4.98 Å². The first-order chi connectivity index (χ1) is 6.61. The summed E-state index contributed by atoms with van der Waals surface area (Å²) in [5.74, 6) is -0.553. The Kier molecular flexibility index (Phi) is 3.91. The number of aromatic carboxylic acids is 1. The van der Waals surface area contributed by atoms with Gasteiger partial charge in [-0.2, -0.15) is 0 Å². The number of hydrogen-bond acceptors (Lipinski definition) is 4. The topological polar surface area (TPSA) is 70.4 Å². The molecule has 14 heavy (non-hydrogen) atoms. The summed E-state index contributed by atoms with van der Waals surface area (Å²) in [7, 11) is 0. The molecule has 1 atom stereocenters. The first-order valence-electron chi connectivity index (χ1n) is 4.10. The predicted octanol–water partition coefficient (Wildman–Crippen LogP) is 1.25. The molecule has 0 aliphatic carbocycles. The molecule has 0 spiro atoms. The van der Waals surface area contributed by atoms with Gasteiger partial charge >= 0.3 is 5.97 Å². The molecule has 1 aromatic rings. The number of hydrogen-bond donors (Lipinski definition) is 2. The zero-order valence-corrected chi connectivity index (χ0v) is 8.49. The molecule has 1 heterocycles. The van der Waals surface area contributed by atoms with Crippen molar-refractivity contribution in [3.63, 3.8) is 0 Å². The monoisotopic (exact) mass is 213 g/mol. The Morgan fingerprint density at radius 2 is 2.43 bits per heavy atom. The zero-order valence-electron chi connectivity index (χ0n) is 7.67. The fourth-order valence-electron chi connectivity index (χ4n) is 0.868. The third-order valence-corrected chi connectivity index (χ3v) is 2.71. The normalized spacial score (nSPS) is 12.4. The third kappa shape index (κ3) is 3.01. The molecule has 5 heteroatoms. The molecule has 0 saturated heterocycles. The van der Waals surface area contributed by atoms with Gasteiger partial charge in [-0.3, -0.25) is 0 Å². The van der Waals surface area contributed by atoms with Gasteiger partial charge in [-0.25, -0.2) is 9.78 Å². The second kappa shape index (κ2) is 4.97. The maximum atomic E-state index is 10.8. The number of aromatic nitrogens is 1. The Bertz CT molecular complexity index is 328. The Balaban J connectivity index is 2.79. The third-order valence-electron chi connectivity index (χ3n) is 1.46. The predicted molar refractivity (Wildman–Crippen MR) is 53.6 cm³/mol. The lowest BCUT2D eigenvalue weighted by Crippen LogP contribution is -2.05. The van der Waals surface area contributed by atoms with Crippen molar-refractivity contribution in [2.45, 2.75) is 18.1 Å². The highest BCUT2D eigenvalue weighted by Crippen LogP contribution is 2.20. The van der Waals surface area contributed by atoms with Gasteiger partial charge in [0.15, 0.2) is 0 Å². The minimum absolute atomic E-state index is 0.179. The molecule has 0 aromatic carbocycles. The van der Waals surface area contributed by atoms with E-state index in [1.54, 1.807) is 13.0 Å². The summed E-state index contributed by atoms with van der Waals surface area (Å²) in [6.07, 6.45) is 1.07. The van der Waals surface area contributed by atoms with E-state index in [-0.39, 0.29) is 5.56 Å². The van der Waals surface area contributed by atoms with Crippen LogP contribution in [-0.2, 0) is 0 Å². The second-order valence-electron chi connectivity index (χ2n) is 2.82. The summed E-state index contributed by atoms with van der Waals surface area (Å²) in [6.45, 7) is 1.65. The van der Waals surface area contributed by atoms with Crippen molar-refractivity contribution in [2.75, 3.05) is 5.75 Å². The van der Waals surface area contributed by atoms with Crippen molar-refractivity contribution in [1.29, 1.82) is 0 Å². The number of aliphatic hydroxyl groups is 1. The van der Waals surface area contributed by atoms with E-state index < -0.39 is 12.1 Å². The van der Waals surface area contributed by atoms with Crippen LogP contribution in [0.3, 0.4) is 0 Å². The summed E-state index contributed by atoms with van der Waals surface area (Å²) in [4.78, 5) is 14.7. The van der Waals surface area contributed by atoms with Crippen molar-refractivity contribution >= 4 is 17.7 Å². The van der Waals surface area contributed by atoms with Gasteiger partial charge in [-0.1, -0.05) is 0 Å². The smallest absolute Gasteiger partial charge is 0.338 e. The molecule has 0 saturated carbocycles. The molecule has 1 rings (SSSR count). The van der Waals surface area contributed by atoms with Gasteiger partial charge in [-0.15, -0.1) is 11.8 Å². The first-order valence-corrected chi connectivity index (χ1v) is 5.09. The van der Waals surface area contributed by atoms with Gasteiger partial charge in [-0.05, 0) is 19.1 Å². The van der Waals surface area contributed by atoms with Crippen LogP contribution in [0.25, 0.3) is 0 Å². The van der Waals surface area contributed by atoms with Gasteiger partial charge in [0.25, 0.3) is 0 Å². The van der Waals surface area contributed by atoms with Crippen molar-refractivity contribution in [3.8, 4) is 0 Å².